The number of amides is 1. The van der Waals surface area contributed by atoms with Crippen LogP contribution in [0.25, 0.3) is 0 Å². The first-order valence-electron chi connectivity index (χ1n) is 9.99. The molecule has 35 heavy (non-hydrogen) atoms. The summed E-state index contributed by atoms with van der Waals surface area (Å²) in [5, 5.41) is 8.84. The van der Waals surface area contributed by atoms with Gasteiger partial charge in [-0.25, -0.2) is 22.9 Å². The Morgan fingerprint density at radius 1 is 1.20 bits per heavy atom. The Kier molecular flexibility index (Phi) is 8.26. The van der Waals surface area contributed by atoms with Gasteiger partial charge in [0.05, 0.1) is 10.6 Å². The fourth-order valence-electron chi connectivity index (χ4n) is 3.26. The summed E-state index contributed by atoms with van der Waals surface area (Å²) in [5.74, 6) is -8.01. The number of hydrogen-bond acceptors (Lipinski definition) is 5. The topological polar surface area (TPSA) is 89.0 Å². The fourth-order valence-corrected chi connectivity index (χ4v) is 3.72. The van der Waals surface area contributed by atoms with E-state index in [0.717, 1.165) is 23.2 Å². The van der Waals surface area contributed by atoms with E-state index < -0.39 is 54.1 Å². The van der Waals surface area contributed by atoms with Crippen molar-refractivity contribution in [3.63, 3.8) is 0 Å². The maximum absolute atomic E-state index is 14.6. The molecule has 1 amide bonds. The van der Waals surface area contributed by atoms with Crippen LogP contribution >= 0.6 is 23.2 Å². The summed E-state index contributed by atoms with van der Waals surface area (Å²) in [5.41, 5.74) is -0.136. The summed E-state index contributed by atoms with van der Waals surface area (Å²) in [6, 6.07) is 2.05. The van der Waals surface area contributed by atoms with Gasteiger partial charge in [-0.2, -0.15) is 8.78 Å². The number of carbonyl (C=O) groups is 2. The van der Waals surface area contributed by atoms with Gasteiger partial charge < -0.3 is 19.5 Å². The summed E-state index contributed by atoms with van der Waals surface area (Å²) < 4.78 is 75.0. The van der Waals surface area contributed by atoms with Crippen molar-refractivity contribution in [3.05, 3.63) is 51.4 Å². The van der Waals surface area contributed by atoms with Crippen molar-refractivity contribution in [1.29, 1.82) is 0 Å². The zero-order valence-corrected chi connectivity index (χ0v) is 19.1. The van der Waals surface area contributed by atoms with Gasteiger partial charge in [-0.3, -0.25) is 4.79 Å². The predicted molar refractivity (Wildman–Crippen MR) is 113 cm³/mol. The Bertz CT molecular complexity index is 1120. The first-order chi connectivity index (χ1) is 16.4. The van der Waals surface area contributed by atoms with Gasteiger partial charge in [0.15, 0.2) is 6.61 Å². The molecule has 1 aliphatic rings. The molecule has 0 unspecified atom stereocenters. The second-order valence-corrected chi connectivity index (χ2v) is 8.34. The van der Waals surface area contributed by atoms with E-state index >= 15 is 0 Å². The van der Waals surface area contributed by atoms with Gasteiger partial charge in [0.2, 0.25) is 5.88 Å². The number of aliphatic carboxylic acids is 1. The lowest BCUT2D eigenvalue weighted by Crippen LogP contribution is -2.40. The SMILES string of the molecule is O=C(O)[C@@H]1CCCN1C(=O)c1cc(Cl)c(OCc2cnc(OCC(F)(F)C(F)F)c(Cl)c2)cc1F. The Hall–Kier alpha value is -2.86. The second-order valence-electron chi connectivity index (χ2n) is 7.53. The van der Waals surface area contributed by atoms with Gasteiger partial charge in [0.1, 0.15) is 29.2 Å². The largest absolute Gasteiger partial charge is 0.487 e. The third kappa shape index (κ3) is 6.23. The summed E-state index contributed by atoms with van der Waals surface area (Å²) in [4.78, 5) is 28.7. The van der Waals surface area contributed by atoms with Crippen LogP contribution in [0.5, 0.6) is 11.6 Å². The van der Waals surface area contributed by atoms with Crippen LogP contribution in [0.2, 0.25) is 10.0 Å². The number of carbonyl (C=O) groups excluding carboxylic acids is 1. The molecule has 0 bridgehead atoms. The van der Waals surface area contributed by atoms with E-state index in [1.807, 2.05) is 0 Å². The van der Waals surface area contributed by atoms with Crippen LogP contribution in [0, 0.1) is 5.82 Å². The van der Waals surface area contributed by atoms with E-state index in [2.05, 4.69) is 9.72 Å². The highest BCUT2D eigenvalue weighted by Crippen LogP contribution is 2.32. The molecule has 1 atom stereocenters. The molecule has 0 spiro atoms. The summed E-state index contributed by atoms with van der Waals surface area (Å²) >= 11 is 12.0. The lowest BCUT2D eigenvalue weighted by atomic mass is 10.1. The molecule has 1 aromatic heterocycles. The fraction of sp³-hybridized carbons (Fsp3) is 0.381. The number of rotatable bonds is 9. The van der Waals surface area contributed by atoms with Gasteiger partial charge in [0, 0.05) is 24.4 Å². The Morgan fingerprint density at radius 2 is 1.91 bits per heavy atom. The third-order valence-corrected chi connectivity index (χ3v) is 5.60. The molecule has 0 saturated carbocycles. The number of benzene rings is 1. The smallest absolute Gasteiger partial charge is 0.340 e. The Balaban J connectivity index is 1.67. The average Bonchev–Trinajstić information content (AvgIpc) is 3.28. The van der Waals surface area contributed by atoms with Crippen LogP contribution in [0.3, 0.4) is 0 Å². The van der Waals surface area contributed by atoms with Crippen molar-refractivity contribution in [2.75, 3.05) is 13.2 Å². The molecule has 1 saturated heterocycles. The average molecular weight is 543 g/mol. The maximum Gasteiger partial charge on any atom is 0.340 e. The van der Waals surface area contributed by atoms with E-state index in [1.165, 1.54) is 6.07 Å². The van der Waals surface area contributed by atoms with Gasteiger partial charge in [-0.1, -0.05) is 23.2 Å². The predicted octanol–water partition coefficient (Wildman–Crippen LogP) is 5.07. The van der Waals surface area contributed by atoms with E-state index in [9.17, 15) is 36.6 Å². The van der Waals surface area contributed by atoms with Crippen molar-refractivity contribution in [1.82, 2.24) is 9.88 Å². The van der Waals surface area contributed by atoms with Crippen molar-refractivity contribution in [2.24, 2.45) is 0 Å². The number of alkyl halides is 4. The number of nitrogens with zero attached hydrogens (tertiary/aromatic N) is 2. The summed E-state index contributed by atoms with van der Waals surface area (Å²) in [6.07, 6.45) is -2.08. The molecule has 0 aliphatic carbocycles. The number of aromatic nitrogens is 1. The molecule has 2 aromatic rings. The minimum absolute atomic E-state index is 0.130. The molecule has 2 heterocycles. The standard InChI is InChI=1S/C21H17Cl2F5N2O5/c22-12-5-11(18(31)30-3-1-2-15(30)19(32)33)14(24)6-16(12)34-8-10-4-13(23)17(29-7-10)35-9-21(27,28)20(25)26/h4-7,15,20H,1-3,8-9H2,(H,32,33)/t15-/m0/s1. The summed E-state index contributed by atoms with van der Waals surface area (Å²) in [6.45, 7) is -1.73. The van der Waals surface area contributed by atoms with E-state index in [-0.39, 0.29) is 40.9 Å². The number of halogens is 7. The van der Waals surface area contributed by atoms with Gasteiger partial charge >= 0.3 is 18.3 Å². The lowest BCUT2D eigenvalue weighted by molar-refractivity contribution is -0.148. The number of pyridine rings is 1. The normalized spacial score (nSPS) is 16.0. The van der Waals surface area contributed by atoms with Crippen LogP contribution < -0.4 is 9.47 Å². The van der Waals surface area contributed by atoms with Crippen LogP contribution in [-0.4, -0.2) is 58.4 Å². The van der Waals surface area contributed by atoms with E-state index in [4.69, 9.17) is 27.9 Å². The molecule has 1 fully saturated rings. The molecule has 190 valence electrons. The van der Waals surface area contributed by atoms with Crippen molar-refractivity contribution in [3.8, 4) is 11.6 Å². The molecule has 0 radical (unpaired) electrons. The maximum atomic E-state index is 14.6. The highest BCUT2D eigenvalue weighted by atomic mass is 35.5. The van der Waals surface area contributed by atoms with Gasteiger partial charge in [-0.15, -0.1) is 0 Å². The number of ether oxygens (including phenoxy) is 2. The molecular formula is C21H17Cl2F5N2O5. The molecule has 14 heteroatoms. The molecule has 1 N–H and O–H groups in total. The zero-order valence-electron chi connectivity index (χ0n) is 17.6. The van der Waals surface area contributed by atoms with Crippen molar-refractivity contribution in [2.45, 2.75) is 37.8 Å². The second kappa shape index (κ2) is 10.8. The third-order valence-electron chi connectivity index (χ3n) is 5.03. The van der Waals surface area contributed by atoms with Crippen molar-refractivity contribution < 1.29 is 46.1 Å². The lowest BCUT2D eigenvalue weighted by Gasteiger charge is -2.22. The molecule has 3 rings (SSSR count). The number of likely N-dealkylation sites (tertiary alicyclic amines) is 1. The van der Waals surface area contributed by atoms with Crippen LogP contribution in [0.15, 0.2) is 24.4 Å². The van der Waals surface area contributed by atoms with Crippen LogP contribution in [0.4, 0.5) is 22.0 Å². The van der Waals surface area contributed by atoms with Crippen LogP contribution in [-0.2, 0) is 11.4 Å². The first-order valence-corrected chi connectivity index (χ1v) is 10.7. The minimum Gasteiger partial charge on any atom is -0.487 e. The van der Waals surface area contributed by atoms with Gasteiger partial charge in [-0.05, 0) is 25.0 Å². The van der Waals surface area contributed by atoms with Gasteiger partial charge in [0.25, 0.3) is 5.91 Å². The molecule has 7 nitrogen and oxygen atoms in total. The summed E-state index contributed by atoms with van der Waals surface area (Å²) in [7, 11) is 0. The Morgan fingerprint density at radius 3 is 2.54 bits per heavy atom. The van der Waals surface area contributed by atoms with E-state index in [1.54, 1.807) is 0 Å². The van der Waals surface area contributed by atoms with Crippen molar-refractivity contribution >= 4 is 35.1 Å². The molecular weight excluding hydrogens is 526 g/mol. The molecule has 1 aliphatic heterocycles. The number of carboxylic acids is 1. The van der Waals surface area contributed by atoms with Crippen LogP contribution in [0.1, 0.15) is 28.8 Å². The molecule has 1 aromatic carbocycles. The van der Waals surface area contributed by atoms with E-state index in [0.29, 0.717) is 6.42 Å². The zero-order chi connectivity index (χ0) is 25.9. The highest BCUT2D eigenvalue weighted by Gasteiger charge is 2.42. The highest BCUT2D eigenvalue weighted by molar-refractivity contribution is 6.32. The quantitative estimate of drug-likeness (QED) is 0.445. The number of hydrogen-bond donors (Lipinski definition) is 1. The first kappa shape index (κ1) is 26.7. The monoisotopic (exact) mass is 542 g/mol. The Labute approximate surface area is 205 Å². The minimum atomic E-state index is -4.38. The number of carboxylic acid groups (broad SMARTS) is 1.